The number of rotatable bonds is 5. The third-order valence-electron chi connectivity index (χ3n) is 5.42. The summed E-state index contributed by atoms with van der Waals surface area (Å²) in [5.41, 5.74) is 2.03. The highest BCUT2D eigenvalue weighted by molar-refractivity contribution is 5.69. The minimum Gasteiger partial charge on any atom is -0.457 e. The van der Waals surface area contributed by atoms with Crippen molar-refractivity contribution in [2.24, 2.45) is 5.92 Å². The van der Waals surface area contributed by atoms with Gasteiger partial charge >= 0.3 is 5.97 Å². The van der Waals surface area contributed by atoms with E-state index < -0.39 is 0 Å². The zero-order valence-corrected chi connectivity index (χ0v) is 19.2. The Morgan fingerprint density at radius 2 is 2.03 bits per heavy atom. The molecular formula is C25H37N3O2. The summed E-state index contributed by atoms with van der Waals surface area (Å²) in [5.74, 6) is 0.926. The summed E-state index contributed by atoms with van der Waals surface area (Å²) >= 11 is 0. The normalized spacial score (nSPS) is 23.9. The first-order valence-corrected chi connectivity index (χ1v) is 11.1. The average Bonchev–Trinajstić information content (AvgIpc) is 2.72. The predicted molar refractivity (Wildman–Crippen MR) is 124 cm³/mol. The lowest BCUT2D eigenvalue weighted by molar-refractivity contribution is -0.148. The summed E-state index contributed by atoms with van der Waals surface area (Å²) in [6, 6.07) is 1.94. The molecule has 1 unspecified atom stereocenters. The van der Waals surface area contributed by atoms with Crippen molar-refractivity contribution in [2.75, 3.05) is 19.0 Å². The van der Waals surface area contributed by atoms with Crippen molar-refractivity contribution in [1.29, 1.82) is 0 Å². The molecule has 30 heavy (non-hydrogen) atoms. The van der Waals surface area contributed by atoms with Gasteiger partial charge in [-0.2, -0.15) is 0 Å². The Hall–Kier alpha value is -2.43. The summed E-state index contributed by atoms with van der Waals surface area (Å²) in [5, 5.41) is 0. The third kappa shape index (κ3) is 7.77. The fraction of sp³-hybridized carbons (Fsp3) is 0.560. The molecule has 0 fully saturated rings. The Labute approximate surface area is 181 Å². The van der Waals surface area contributed by atoms with Gasteiger partial charge in [0.05, 0.1) is 5.69 Å². The van der Waals surface area contributed by atoms with Crippen LogP contribution in [0.15, 0.2) is 48.2 Å². The van der Waals surface area contributed by atoms with Crippen LogP contribution in [0.5, 0.6) is 0 Å². The van der Waals surface area contributed by atoms with Crippen molar-refractivity contribution in [1.82, 2.24) is 9.97 Å². The van der Waals surface area contributed by atoms with Crippen molar-refractivity contribution >= 4 is 11.9 Å². The van der Waals surface area contributed by atoms with Gasteiger partial charge in [-0.3, -0.25) is 4.79 Å². The molecular weight excluding hydrogens is 374 g/mol. The van der Waals surface area contributed by atoms with E-state index in [1.165, 1.54) is 12.8 Å². The lowest BCUT2D eigenvalue weighted by Crippen LogP contribution is -2.25. The number of hydrogen-bond donors (Lipinski definition) is 0. The molecule has 0 amide bonds. The molecule has 1 aliphatic heterocycles. The largest absolute Gasteiger partial charge is 0.457 e. The SMILES string of the molecule is C/C(=C\C=C\C(C)c1ccnc(N(C)C)n1)[C@H]1OC(=O)CCCCCC/C=C/[C@@H]1C. The van der Waals surface area contributed by atoms with Crippen LogP contribution in [0, 0.1) is 5.92 Å². The predicted octanol–water partition coefficient (Wildman–Crippen LogP) is 5.61. The molecule has 0 spiro atoms. The molecule has 0 radical (unpaired) electrons. The molecule has 1 aromatic heterocycles. The van der Waals surface area contributed by atoms with Gasteiger partial charge in [0, 0.05) is 38.5 Å². The van der Waals surface area contributed by atoms with E-state index in [9.17, 15) is 4.79 Å². The summed E-state index contributed by atoms with van der Waals surface area (Å²) in [4.78, 5) is 23.1. The Balaban J connectivity index is 2.10. The first-order valence-electron chi connectivity index (χ1n) is 11.1. The van der Waals surface area contributed by atoms with Gasteiger partial charge in [-0.05, 0) is 37.8 Å². The van der Waals surface area contributed by atoms with E-state index in [0.717, 1.165) is 30.5 Å². The van der Waals surface area contributed by atoms with Crippen LogP contribution in [0.25, 0.3) is 0 Å². The number of hydrogen-bond acceptors (Lipinski definition) is 5. The van der Waals surface area contributed by atoms with E-state index in [2.05, 4.69) is 48.1 Å². The van der Waals surface area contributed by atoms with Crippen molar-refractivity contribution in [3.8, 4) is 0 Å². The maximum Gasteiger partial charge on any atom is 0.306 e. The van der Waals surface area contributed by atoms with E-state index in [1.54, 1.807) is 6.20 Å². The maximum atomic E-state index is 12.3. The summed E-state index contributed by atoms with van der Waals surface area (Å²) in [6.45, 7) is 6.27. The first kappa shape index (κ1) is 23.8. The highest BCUT2D eigenvalue weighted by atomic mass is 16.5. The minimum atomic E-state index is -0.229. The molecule has 2 rings (SSSR count). The molecule has 0 saturated carbocycles. The number of aromatic nitrogens is 2. The third-order valence-corrected chi connectivity index (χ3v) is 5.42. The zero-order valence-electron chi connectivity index (χ0n) is 19.2. The molecule has 3 atom stereocenters. The van der Waals surface area contributed by atoms with Gasteiger partial charge in [-0.25, -0.2) is 9.97 Å². The second-order valence-electron chi connectivity index (χ2n) is 8.41. The molecule has 164 valence electrons. The molecule has 1 aliphatic rings. The number of ether oxygens (including phenoxy) is 1. The van der Waals surface area contributed by atoms with E-state index in [1.807, 2.05) is 38.1 Å². The van der Waals surface area contributed by atoms with Gasteiger partial charge in [0.25, 0.3) is 0 Å². The van der Waals surface area contributed by atoms with Crippen LogP contribution in [-0.4, -0.2) is 36.1 Å². The van der Waals surface area contributed by atoms with Gasteiger partial charge in [-0.1, -0.05) is 57.1 Å². The van der Waals surface area contributed by atoms with Crippen LogP contribution in [0.3, 0.4) is 0 Å². The molecule has 0 bridgehead atoms. The van der Waals surface area contributed by atoms with Gasteiger partial charge in [0.15, 0.2) is 0 Å². The van der Waals surface area contributed by atoms with E-state index >= 15 is 0 Å². The number of esters is 1. The molecule has 1 aromatic rings. The zero-order chi connectivity index (χ0) is 21.9. The monoisotopic (exact) mass is 411 g/mol. The molecule has 0 N–H and O–H groups in total. The Morgan fingerprint density at radius 1 is 1.27 bits per heavy atom. The van der Waals surface area contributed by atoms with E-state index in [4.69, 9.17) is 4.74 Å². The maximum absolute atomic E-state index is 12.3. The van der Waals surface area contributed by atoms with Crippen LogP contribution in [0.4, 0.5) is 5.95 Å². The number of nitrogens with zero attached hydrogens (tertiary/aromatic N) is 3. The standard InChI is InChI=1S/C25H37N3O2/c1-19(22-17-18-26-25(27-22)28(4)5)14-12-15-21(3)24-20(2)13-10-8-6-7-9-11-16-23(29)30-24/h10,12-15,17-20,24H,6-9,11,16H2,1-5H3/b13-10+,14-12+,21-15+/t19?,20-,24-/m0/s1. The first-order chi connectivity index (χ1) is 14.4. The topological polar surface area (TPSA) is 55.3 Å². The highest BCUT2D eigenvalue weighted by Gasteiger charge is 2.21. The highest BCUT2D eigenvalue weighted by Crippen LogP contribution is 2.22. The van der Waals surface area contributed by atoms with Crippen LogP contribution < -0.4 is 4.90 Å². The summed E-state index contributed by atoms with van der Waals surface area (Å²) in [7, 11) is 3.87. The Kier molecular flexibility index (Phi) is 9.78. The Bertz CT molecular complexity index is 767. The van der Waals surface area contributed by atoms with Gasteiger partial charge < -0.3 is 9.64 Å². The molecule has 0 saturated heterocycles. The molecule has 0 aromatic carbocycles. The molecule has 5 nitrogen and oxygen atoms in total. The molecule has 5 heteroatoms. The van der Waals surface area contributed by atoms with Crippen molar-refractivity contribution in [3.63, 3.8) is 0 Å². The second-order valence-corrected chi connectivity index (χ2v) is 8.41. The van der Waals surface area contributed by atoms with Crippen LogP contribution in [-0.2, 0) is 9.53 Å². The number of allylic oxidation sites excluding steroid dienone is 4. The molecule has 2 heterocycles. The van der Waals surface area contributed by atoms with Crippen LogP contribution in [0.2, 0.25) is 0 Å². The number of carbonyl (C=O) groups excluding carboxylic acids is 1. The fourth-order valence-electron chi connectivity index (χ4n) is 3.51. The number of carbonyl (C=O) groups is 1. The lowest BCUT2D eigenvalue weighted by Gasteiger charge is -2.23. The Morgan fingerprint density at radius 3 is 2.80 bits per heavy atom. The number of cyclic esters (lactones) is 1. The van der Waals surface area contributed by atoms with E-state index in [-0.39, 0.29) is 23.9 Å². The van der Waals surface area contributed by atoms with Gasteiger partial charge in [0.1, 0.15) is 6.10 Å². The van der Waals surface area contributed by atoms with Crippen LogP contribution in [0.1, 0.15) is 70.9 Å². The minimum absolute atomic E-state index is 0.0943. The summed E-state index contributed by atoms with van der Waals surface area (Å²) < 4.78 is 5.86. The average molecular weight is 412 g/mol. The fourth-order valence-corrected chi connectivity index (χ4v) is 3.51. The van der Waals surface area contributed by atoms with Gasteiger partial charge in [-0.15, -0.1) is 0 Å². The summed E-state index contributed by atoms with van der Waals surface area (Å²) in [6.07, 6.45) is 18.2. The van der Waals surface area contributed by atoms with Gasteiger partial charge in [0.2, 0.25) is 5.95 Å². The van der Waals surface area contributed by atoms with Crippen LogP contribution >= 0.6 is 0 Å². The molecule has 0 aliphatic carbocycles. The van der Waals surface area contributed by atoms with E-state index in [0.29, 0.717) is 12.4 Å². The lowest BCUT2D eigenvalue weighted by atomic mass is 9.96. The number of anilines is 1. The quantitative estimate of drug-likeness (QED) is 0.358. The smallest absolute Gasteiger partial charge is 0.306 e. The van der Waals surface area contributed by atoms with Crippen molar-refractivity contribution < 1.29 is 9.53 Å². The van der Waals surface area contributed by atoms with Crippen molar-refractivity contribution in [3.05, 3.63) is 53.9 Å². The van der Waals surface area contributed by atoms with Crippen molar-refractivity contribution in [2.45, 2.75) is 71.3 Å². The second kappa shape index (κ2) is 12.3.